The number of hydrogen-bond donors (Lipinski definition) is 0. The van der Waals surface area contributed by atoms with Crippen LogP contribution in [0, 0.1) is 13.8 Å². The van der Waals surface area contributed by atoms with Crippen molar-refractivity contribution in [2.24, 2.45) is 0 Å². The van der Waals surface area contributed by atoms with E-state index in [1.807, 2.05) is 27.7 Å². The normalized spacial score (nSPS) is 10.9. The number of ether oxygens (including phenoxy) is 1. The molecule has 0 radical (unpaired) electrons. The molecule has 1 rings (SSSR count). The van der Waals surface area contributed by atoms with Crippen molar-refractivity contribution < 1.29 is 26.7 Å². The predicted octanol–water partition coefficient (Wildman–Crippen LogP) is 2.47. The highest BCUT2D eigenvalue weighted by Crippen LogP contribution is 2.27. The van der Waals surface area contributed by atoms with Crippen LogP contribution in [0.2, 0.25) is 0 Å². The molecule has 0 aliphatic carbocycles. The van der Waals surface area contributed by atoms with E-state index in [-0.39, 0.29) is 17.0 Å². The van der Waals surface area contributed by atoms with E-state index >= 15 is 0 Å². The van der Waals surface area contributed by atoms with Gasteiger partial charge in [0.2, 0.25) is 10.4 Å². The highest BCUT2D eigenvalue weighted by atomic mass is 32.3. The second-order valence-corrected chi connectivity index (χ2v) is 8.57. The van der Waals surface area contributed by atoms with E-state index in [2.05, 4.69) is 28.8 Å². The van der Waals surface area contributed by atoms with Gasteiger partial charge in [-0.05, 0) is 51.0 Å². The van der Waals surface area contributed by atoms with Crippen molar-refractivity contribution in [3.05, 3.63) is 23.3 Å². The molecule has 9 heteroatoms. The third-order valence-electron chi connectivity index (χ3n) is 3.32. The van der Waals surface area contributed by atoms with Crippen LogP contribution in [0.1, 0.15) is 25.0 Å². The molecule has 144 valence electrons. The molecule has 7 nitrogen and oxygen atoms in total. The van der Waals surface area contributed by atoms with E-state index in [0.29, 0.717) is 18.8 Å². The molecule has 0 fully saturated rings. The largest absolute Gasteiger partial charge is 0.726 e. The maximum absolute atomic E-state index is 12.0. The van der Waals surface area contributed by atoms with Crippen molar-refractivity contribution in [1.82, 2.24) is 4.90 Å². The zero-order chi connectivity index (χ0) is 19.8. The van der Waals surface area contributed by atoms with Gasteiger partial charge < -0.3 is 14.2 Å². The third kappa shape index (κ3) is 8.57. The van der Waals surface area contributed by atoms with Gasteiger partial charge in [-0.2, -0.15) is 0 Å². The van der Waals surface area contributed by atoms with Crippen molar-refractivity contribution in [3.63, 3.8) is 0 Å². The first-order valence-electron chi connectivity index (χ1n) is 7.63. The van der Waals surface area contributed by atoms with Crippen LogP contribution in [0.4, 0.5) is 4.79 Å². The van der Waals surface area contributed by atoms with Crippen LogP contribution >= 0.6 is 0 Å². The molecule has 0 bridgehead atoms. The van der Waals surface area contributed by atoms with Gasteiger partial charge >= 0.3 is 6.09 Å². The Balaban J connectivity index is 0.000000823. The average molecular weight is 394 g/mol. The first-order valence-corrected chi connectivity index (χ1v) is 11.0. The van der Waals surface area contributed by atoms with Crippen molar-refractivity contribution in [1.29, 1.82) is 0 Å². The van der Waals surface area contributed by atoms with E-state index < -0.39 is 10.4 Å². The zero-order valence-electron chi connectivity index (χ0n) is 15.8. The number of carbonyl (C=O) groups is 1. The molecule has 1 amide bonds. The fraction of sp³-hybridized carbons (Fsp3) is 0.562. The van der Waals surface area contributed by atoms with Gasteiger partial charge in [0, 0.05) is 24.0 Å². The molecular weight excluding hydrogens is 366 g/mol. The van der Waals surface area contributed by atoms with E-state index in [9.17, 15) is 17.8 Å². The highest BCUT2D eigenvalue weighted by molar-refractivity contribution is 7.95. The molecule has 0 aliphatic rings. The number of carbonyl (C=O) groups excluding carboxylic acids is 1. The molecule has 1 aromatic carbocycles. The Bertz CT molecular complexity index is 646. The van der Waals surface area contributed by atoms with Crippen molar-refractivity contribution in [2.75, 3.05) is 32.7 Å². The van der Waals surface area contributed by atoms with Crippen LogP contribution in [-0.2, 0) is 25.5 Å². The second kappa shape index (κ2) is 10.6. The van der Waals surface area contributed by atoms with E-state index in [0.717, 1.165) is 18.2 Å². The van der Waals surface area contributed by atoms with Gasteiger partial charge in [0.1, 0.15) is 18.3 Å². The average Bonchev–Trinajstić information content (AvgIpc) is 2.51. The van der Waals surface area contributed by atoms with Crippen molar-refractivity contribution >= 4 is 27.4 Å². The van der Waals surface area contributed by atoms with Crippen LogP contribution in [0.25, 0.3) is 0 Å². The summed E-state index contributed by atoms with van der Waals surface area (Å²) in [5.41, 5.74) is 2.05. The van der Waals surface area contributed by atoms with Crippen LogP contribution in [0.3, 0.4) is 0 Å². The first-order chi connectivity index (χ1) is 11.5. The molecule has 0 spiro atoms. The van der Waals surface area contributed by atoms with Crippen LogP contribution in [0.15, 0.2) is 17.0 Å². The standard InChI is InChI=1S/C15H24NO2S.CH4O4S/c1-7-16(8-2)15(17)18-14-11(3)9-13(19(5)6)10-12(14)4;1-5-6(2,3)4/h9-10H,7-8H2,1-6H3;1H3,(H,2,3,4)/q+1;/p-1. The summed E-state index contributed by atoms with van der Waals surface area (Å²) < 4.78 is 36.6. The zero-order valence-corrected chi connectivity index (χ0v) is 17.4. The van der Waals surface area contributed by atoms with E-state index in [1.54, 1.807) is 4.90 Å². The molecule has 0 unspecified atom stereocenters. The number of rotatable bonds is 5. The lowest BCUT2D eigenvalue weighted by Crippen LogP contribution is -2.33. The van der Waals surface area contributed by atoms with Gasteiger partial charge in [0.05, 0.1) is 7.11 Å². The lowest BCUT2D eigenvalue weighted by atomic mass is 10.1. The molecular formula is C16H27NO6S2. The van der Waals surface area contributed by atoms with E-state index in [1.165, 1.54) is 4.90 Å². The minimum absolute atomic E-state index is 0.217. The Kier molecular flexibility index (Phi) is 10.1. The minimum Gasteiger partial charge on any atom is -0.726 e. The summed E-state index contributed by atoms with van der Waals surface area (Å²) >= 11 is 0. The fourth-order valence-electron chi connectivity index (χ4n) is 1.94. The minimum atomic E-state index is -4.41. The lowest BCUT2D eigenvalue weighted by molar-refractivity contribution is 0.156. The van der Waals surface area contributed by atoms with Gasteiger partial charge in [-0.3, -0.25) is 4.18 Å². The molecule has 0 N–H and O–H groups in total. The van der Waals surface area contributed by atoms with Crippen LogP contribution in [0.5, 0.6) is 5.75 Å². The topological polar surface area (TPSA) is 96.0 Å². The number of amides is 1. The van der Waals surface area contributed by atoms with Gasteiger partial charge in [0.15, 0.2) is 4.90 Å². The van der Waals surface area contributed by atoms with Crippen molar-refractivity contribution in [3.8, 4) is 5.75 Å². The molecule has 0 atom stereocenters. The molecule has 0 saturated heterocycles. The molecule has 0 heterocycles. The molecule has 1 aromatic rings. The molecule has 0 aromatic heterocycles. The van der Waals surface area contributed by atoms with Gasteiger partial charge in [-0.25, -0.2) is 13.2 Å². The summed E-state index contributed by atoms with van der Waals surface area (Å²) in [4.78, 5) is 15.0. The quantitative estimate of drug-likeness (QED) is 0.433. The summed E-state index contributed by atoms with van der Waals surface area (Å²) in [6.07, 6.45) is 4.11. The Morgan fingerprint density at radius 1 is 1.16 bits per heavy atom. The fourth-order valence-corrected chi connectivity index (χ4v) is 2.77. The Hall–Kier alpha value is -1.29. The Labute approximate surface area is 153 Å². The maximum Gasteiger partial charge on any atom is 0.415 e. The lowest BCUT2D eigenvalue weighted by Gasteiger charge is -2.19. The van der Waals surface area contributed by atoms with Gasteiger partial charge in [-0.15, -0.1) is 0 Å². The summed E-state index contributed by atoms with van der Waals surface area (Å²) in [7, 11) is -3.39. The predicted molar refractivity (Wildman–Crippen MR) is 99.0 cm³/mol. The number of nitrogens with zero attached hydrogens (tertiary/aromatic N) is 1. The SMILES string of the molecule is CCN(CC)C(=O)Oc1c(C)cc([S+](C)C)cc1C.COS(=O)(=O)[O-]. The molecule has 0 aliphatic heterocycles. The summed E-state index contributed by atoms with van der Waals surface area (Å²) in [5, 5.41) is 0. The summed E-state index contributed by atoms with van der Waals surface area (Å²) in [6.45, 7) is 9.22. The highest BCUT2D eigenvalue weighted by Gasteiger charge is 2.18. The number of hydrogen-bond acceptors (Lipinski definition) is 6. The van der Waals surface area contributed by atoms with Gasteiger partial charge in [-0.1, -0.05) is 0 Å². The second-order valence-electron chi connectivity index (χ2n) is 5.32. The Morgan fingerprint density at radius 2 is 1.56 bits per heavy atom. The van der Waals surface area contributed by atoms with Crippen LogP contribution < -0.4 is 4.74 Å². The smallest absolute Gasteiger partial charge is 0.415 e. The molecule has 0 saturated carbocycles. The van der Waals surface area contributed by atoms with Crippen molar-refractivity contribution in [2.45, 2.75) is 32.6 Å². The first kappa shape index (κ1) is 23.7. The number of benzene rings is 1. The Morgan fingerprint density at radius 3 is 1.84 bits per heavy atom. The van der Waals surface area contributed by atoms with Gasteiger partial charge in [0.25, 0.3) is 0 Å². The monoisotopic (exact) mass is 393 g/mol. The number of aryl methyl sites for hydroxylation is 2. The van der Waals surface area contributed by atoms with E-state index in [4.69, 9.17) is 4.74 Å². The summed E-state index contributed by atoms with van der Waals surface area (Å²) in [5.74, 6) is 0.700. The third-order valence-corrected chi connectivity index (χ3v) is 4.91. The maximum atomic E-state index is 12.0. The van der Waals surface area contributed by atoms with Crippen LogP contribution in [-0.4, -0.2) is 56.7 Å². The summed E-state index contributed by atoms with van der Waals surface area (Å²) in [6, 6.07) is 4.22. The molecule has 25 heavy (non-hydrogen) atoms.